The molecular formula is C23H30N4. The van der Waals surface area contributed by atoms with Crippen LogP contribution in [-0.4, -0.2) is 39.6 Å². The number of hydrogen-bond acceptors (Lipinski definition) is 4. The van der Waals surface area contributed by atoms with E-state index in [0.29, 0.717) is 0 Å². The number of rotatable bonds is 7. The van der Waals surface area contributed by atoms with E-state index in [4.69, 9.17) is 5.73 Å². The Bertz CT molecular complexity index is 866. The number of benzene rings is 3. The Morgan fingerprint density at radius 3 is 2.19 bits per heavy atom. The van der Waals surface area contributed by atoms with Gasteiger partial charge in [0.1, 0.15) is 0 Å². The molecule has 4 heteroatoms. The maximum Gasteiger partial charge on any atom is 0.0816 e. The summed E-state index contributed by atoms with van der Waals surface area (Å²) in [4.78, 5) is 4.34. The first-order valence-electron chi connectivity index (χ1n) is 9.37. The lowest BCUT2D eigenvalue weighted by atomic mass is 10.0. The fourth-order valence-electron chi connectivity index (χ4n) is 3.46. The number of likely N-dealkylation sites (N-methyl/N-ethyl adjacent to an activating group) is 1. The van der Waals surface area contributed by atoms with E-state index in [9.17, 15) is 0 Å². The summed E-state index contributed by atoms with van der Waals surface area (Å²) in [7, 11) is 8.33. The lowest BCUT2D eigenvalue weighted by Crippen LogP contribution is -2.36. The molecule has 0 saturated heterocycles. The number of nitrogens with one attached hydrogen (secondary N) is 1. The Morgan fingerprint density at radius 2 is 1.52 bits per heavy atom. The van der Waals surface area contributed by atoms with Crippen molar-refractivity contribution in [1.29, 1.82) is 0 Å². The minimum absolute atomic E-state index is 0.209. The van der Waals surface area contributed by atoms with Gasteiger partial charge in [-0.05, 0) is 48.1 Å². The number of anilines is 1. The summed E-state index contributed by atoms with van der Waals surface area (Å²) in [6.45, 7) is 0.776. The number of fused-ring (bicyclic) bond motifs is 1. The van der Waals surface area contributed by atoms with Crippen LogP contribution in [0.5, 0.6) is 0 Å². The van der Waals surface area contributed by atoms with Crippen LogP contribution in [0.3, 0.4) is 0 Å². The molecule has 2 atom stereocenters. The van der Waals surface area contributed by atoms with E-state index in [1.807, 2.05) is 0 Å². The average Bonchev–Trinajstić information content (AvgIpc) is 2.67. The summed E-state index contributed by atoms with van der Waals surface area (Å²) in [5.41, 5.74) is 10.1. The van der Waals surface area contributed by atoms with Crippen molar-refractivity contribution in [3.8, 4) is 0 Å². The van der Waals surface area contributed by atoms with Crippen LogP contribution in [0.1, 0.15) is 23.3 Å². The van der Waals surface area contributed by atoms with Crippen molar-refractivity contribution < 1.29 is 0 Å². The maximum atomic E-state index is 6.52. The molecule has 0 aliphatic carbocycles. The highest BCUT2D eigenvalue weighted by molar-refractivity contribution is 5.86. The van der Waals surface area contributed by atoms with Gasteiger partial charge < -0.3 is 15.5 Å². The van der Waals surface area contributed by atoms with E-state index >= 15 is 0 Å². The second-order valence-corrected chi connectivity index (χ2v) is 7.42. The van der Waals surface area contributed by atoms with E-state index < -0.39 is 0 Å². The van der Waals surface area contributed by atoms with Crippen LogP contribution >= 0.6 is 0 Å². The quantitative estimate of drug-likeness (QED) is 0.628. The van der Waals surface area contributed by atoms with Gasteiger partial charge in [-0.3, -0.25) is 5.32 Å². The van der Waals surface area contributed by atoms with Gasteiger partial charge in [-0.25, -0.2) is 0 Å². The largest absolute Gasteiger partial charge is 0.378 e. The van der Waals surface area contributed by atoms with Gasteiger partial charge in [0.25, 0.3) is 0 Å². The highest BCUT2D eigenvalue weighted by atomic mass is 15.1. The highest BCUT2D eigenvalue weighted by Crippen LogP contribution is 2.24. The monoisotopic (exact) mass is 362 g/mol. The Balaban J connectivity index is 1.75. The van der Waals surface area contributed by atoms with Crippen molar-refractivity contribution in [3.05, 3.63) is 77.9 Å². The highest BCUT2D eigenvalue weighted by Gasteiger charge is 2.17. The van der Waals surface area contributed by atoms with Gasteiger partial charge in [-0.1, -0.05) is 54.6 Å². The fraction of sp³-hybridized carbons (Fsp3) is 0.304. The average molecular weight is 363 g/mol. The lowest BCUT2D eigenvalue weighted by molar-refractivity contribution is 0.280. The van der Waals surface area contributed by atoms with E-state index in [2.05, 4.69) is 110 Å². The van der Waals surface area contributed by atoms with Crippen molar-refractivity contribution in [2.24, 2.45) is 5.73 Å². The van der Waals surface area contributed by atoms with Crippen molar-refractivity contribution in [1.82, 2.24) is 10.2 Å². The third-order valence-electron chi connectivity index (χ3n) is 5.11. The molecule has 0 aliphatic rings. The fourth-order valence-corrected chi connectivity index (χ4v) is 3.46. The van der Waals surface area contributed by atoms with Crippen molar-refractivity contribution in [2.75, 3.05) is 39.6 Å². The van der Waals surface area contributed by atoms with Crippen molar-refractivity contribution >= 4 is 16.5 Å². The van der Waals surface area contributed by atoms with Crippen LogP contribution in [0.15, 0.2) is 66.7 Å². The molecule has 27 heavy (non-hydrogen) atoms. The molecule has 142 valence electrons. The summed E-state index contributed by atoms with van der Waals surface area (Å²) in [5.74, 6) is 0. The Labute approximate surface area is 162 Å². The van der Waals surface area contributed by atoms with Crippen LogP contribution in [0.4, 0.5) is 5.69 Å². The van der Waals surface area contributed by atoms with Gasteiger partial charge in [0.05, 0.1) is 6.17 Å². The summed E-state index contributed by atoms with van der Waals surface area (Å²) in [6, 6.07) is 23.7. The van der Waals surface area contributed by atoms with Gasteiger partial charge in [-0.15, -0.1) is 0 Å². The van der Waals surface area contributed by atoms with E-state index in [1.165, 1.54) is 22.0 Å². The molecule has 4 nitrogen and oxygen atoms in total. The predicted molar refractivity (Wildman–Crippen MR) is 116 cm³/mol. The van der Waals surface area contributed by atoms with Crippen molar-refractivity contribution in [3.63, 3.8) is 0 Å². The van der Waals surface area contributed by atoms with Gasteiger partial charge in [0.15, 0.2) is 0 Å². The van der Waals surface area contributed by atoms with Crippen LogP contribution in [0.25, 0.3) is 10.8 Å². The molecule has 0 spiro atoms. The molecule has 0 saturated carbocycles. The minimum atomic E-state index is -0.209. The third kappa shape index (κ3) is 4.48. The lowest BCUT2D eigenvalue weighted by Gasteiger charge is -2.28. The van der Waals surface area contributed by atoms with Gasteiger partial charge in [0.2, 0.25) is 0 Å². The summed E-state index contributed by atoms with van der Waals surface area (Å²) >= 11 is 0. The Kier molecular flexibility index (Phi) is 6.11. The molecule has 3 aromatic rings. The standard InChI is InChI=1S/C23H30N4/c1-26(2)19-14-12-18(13-15-19)22(27(3)4)16-25-23(24)21-11-7-9-17-8-5-6-10-20(17)21/h5-15,22-23,25H,16,24H2,1-4H3. The molecule has 0 fully saturated rings. The second-order valence-electron chi connectivity index (χ2n) is 7.42. The SMILES string of the molecule is CN(C)c1ccc(C(CNC(N)c2cccc3ccccc23)N(C)C)cc1. The van der Waals surface area contributed by atoms with E-state index in [1.54, 1.807) is 0 Å². The van der Waals surface area contributed by atoms with Gasteiger partial charge >= 0.3 is 0 Å². The van der Waals surface area contributed by atoms with Crippen LogP contribution in [0.2, 0.25) is 0 Å². The van der Waals surface area contributed by atoms with Gasteiger partial charge in [0, 0.05) is 32.4 Å². The normalized spacial score (nSPS) is 13.7. The zero-order valence-corrected chi connectivity index (χ0v) is 16.7. The third-order valence-corrected chi connectivity index (χ3v) is 5.11. The molecule has 0 bridgehead atoms. The topological polar surface area (TPSA) is 44.5 Å². The molecule has 0 amide bonds. The zero-order chi connectivity index (χ0) is 19.4. The van der Waals surface area contributed by atoms with E-state index in [-0.39, 0.29) is 12.2 Å². The first kappa shape index (κ1) is 19.4. The molecule has 0 aromatic heterocycles. The molecule has 0 aliphatic heterocycles. The Morgan fingerprint density at radius 1 is 0.852 bits per heavy atom. The zero-order valence-electron chi connectivity index (χ0n) is 16.7. The molecule has 0 heterocycles. The first-order chi connectivity index (χ1) is 13.0. The summed E-state index contributed by atoms with van der Waals surface area (Å²) in [6.07, 6.45) is -0.209. The molecule has 3 rings (SSSR count). The molecule has 3 aromatic carbocycles. The van der Waals surface area contributed by atoms with Gasteiger partial charge in [-0.2, -0.15) is 0 Å². The summed E-state index contributed by atoms with van der Waals surface area (Å²) in [5, 5.41) is 5.96. The Hall–Kier alpha value is -2.40. The number of hydrogen-bond donors (Lipinski definition) is 2. The first-order valence-corrected chi connectivity index (χ1v) is 9.37. The molecular weight excluding hydrogens is 332 g/mol. The minimum Gasteiger partial charge on any atom is -0.378 e. The van der Waals surface area contributed by atoms with Crippen LogP contribution in [0, 0.1) is 0 Å². The molecule has 3 N–H and O–H groups in total. The molecule has 2 unspecified atom stereocenters. The molecule has 0 radical (unpaired) electrons. The van der Waals surface area contributed by atoms with Crippen LogP contribution in [-0.2, 0) is 0 Å². The predicted octanol–water partition coefficient (Wildman–Crippen LogP) is 3.76. The number of nitrogens with two attached hydrogens (primary N) is 1. The second kappa shape index (κ2) is 8.53. The summed E-state index contributed by atoms with van der Waals surface area (Å²) < 4.78 is 0. The maximum absolute atomic E-state index is 6.52. The number of nitrogens with zero attached hydrogens (tertiary/aromatic N) is 2. The van der Waals surface area contributed by atoms with Crippen molar-refractivity contribution in [2.45, 2.75) is 12.2 Å². The van der Waals surface area contributed by atoms with Crippen LogP contribution < -0.4 is 16.0 Å². The smallest absolute Gasteiger partial charge is 0.0816 e. The van der Waals surface area contributed by atoms with E-state index in [0.717, 1.165) is 12.1 Å².